The Bertz CT molecular complexity index is 309. The molecule has 0 aromatic rings. The van der Waals surface area contributed by atoms with Crippen LogP contribution in [0, 0.1) is 5.92 Å². The van der Waals surface area contributed by atoms with E-state index in [9.17, 15) is 0 Å². The molecule has 15 heavy (non-hydrogen) atoms. The van der Waals surface area contributed by atoms with Crippen LogP contribution in [0.15, 0.2) is 34.8 Å². The minimum absolute atomic E-state index is 0.735. The molecule has 0 saturated heterocycles. The second-order valence-corrected chi connectivity index (χ2v) is 6.11. The van der Waals surface area contributed by atoms with Gasteiger partial charge >= 0.3 is 0 Å². The van der Waals surface area contributed by atoms with Gasteiger partial charge in [0.15, 0.2) is 0 Å². The number of hydrogen-bond donors (Lipinski definition) is 0. The SMILES string of the molecule is CC1=CC=C(SC2C=CC(C)CC2)CC1. The average Bonchev–Trinajstić information content (AvgIpc) is 2.25. The van der Waals surface area contributed by atoms with E-state index >= 15 is 0 Å². The summed E-state index contributed by atoms with van der Waals surface area (Å²) in [5.74, 6) is 0.796. The van der Waals surface area contributed by atoms with Crippen LogP contribution in [0.25, 0.3) is 0 Å². The van der Waals surface area contributed by atoms with Gasteiger partial charge in [0.25, 0.3) is 0 Å². The number of hydrogen-bond acceptors (Lipinski definition) is 1. The molecule has 0 aromatic carbocycles. The molecule has 2 rings (SSSR count). The second-order valence-electron chi connectivity index (χ2n) is 4.74. The summed E-state index contributed by atoms with van der Waals surface area (Å²) in [5, 5.41) is 0.735. The zero-order valence-corrected chi connectivity index (χ0v) is 10.5. The smallest absolute Gasteiger partial charge is 0.0271 e. The maximum Gasteiger partial charge on any atom is 0.0271 e. The van der Waals surface area contributed by atoms with E-state index in [4.69, 9.17) is 0 Å². The van der Waals surface area contributed by atoms with Gasteiger partial charge in [-0.3, -0.25) is 0 Å². The van der Waals surface area contributed by atoms with Gasteiger partial charge in [0.05, 0.1) is 0 Å². The Morgan fingerprint density at radius 3 is 2.60 bits per heavy atom. The monoisotopic (exact) mass is 220 g/mol. The molecule has 0 saturated carbocycles. The largest absolute Gasteiger partial charge is 0.123 e. The molecule has 2 unspecified atom stereocenters. The van der Waals surface area contributed by atoms with Gasteiger partial charge < -0.3 is 0 Å². The molecule has 2 atom stereocenters. The highest BCUT2D eigenvalue weighted by Gasteiger charge is 2.15. The molecular weight excluding hydrogens is 200 g/mol. The maximum absolute atomic E-state index is 2.41. The van der Waals surface area contributed by atoms with Crippen LogP contribution in [-0.4, -0.2) is 5.25 Å². The van der Waals surface area contributed by atoms with Crippen LogP contribution in [0.5, 0.6) is 0 Å². The summed E-state index contributed by atoms with van der Waals surface area (Å²) < 4.78 is 0. The van der Waals surface area contributed by atoms with E-state index in [0.29, 0.717) is 0 Å². The molecule has 2 aliphatic rings. The molecule has 0 spiro atoms. The molecule has 0 fully saturated rings. The third-order valence-electron chi connectivity index (χ3n) is 3.18. The fourth-order valence-electron chi connectivity index (χ4n) is 2.05. The van der Waals surface area contributed by atoms with Crippen molar-refractivity contribution in [2.75, 3.05) is 0 Å². The Balaban J connectivity index is 1.90. The third-order valence-corrected chi connectivity index (χ3v) is 4.52. The molecule has 82 valence electrons. The van der Waals surface area contributed by atoms with Crippen LogP contribution in [0.2, 0.25) is 0 Å². The zero-order chi connectivity index (χ0) is 10.7. The fraction of sp³-hybridized carbons (Fsp3) is 0.571. The van der Waals surface area contributed by atoms with Crippen LogP contribution < -0.4 is 0 Å². The minimum Gasteiger partial charge on any atom is -0.123 e. The lowest BCUT2D eigenvalue weighted by Crippen LogP contribution is -2.08. The van der Waals surface area contributed by atoms with Crippen molar-refractivity contribution in [2.45, 2.75) is 44.8 Å². The summed E-state index contributed by atoms with van der Waals surface area (Å²) in [6.07, 6.45) is 14.6. The Morgan fingerprint density at radius 2 is 2.00 bits per heavy atom. The highest BCUT2D eigenvalue weighted by atomic mass is 32.2. The lowest BCUT2D eigenvalue weighted by atomic mass is 9.98. The van der Waals surface area contributed by atoms with Crippen LogP contribution >= 0.6 is 11.8 Å². The Morgan fingerprint density at radius 1 is 1.13 bits per heavy atom. The Hall–Kier alpha value is -0.430. The van der Waals surface area contributed by atoms with E-state index in [1.807, 2.05) is 0 Å². The fourth-order valence-corrected chi connectivity index (χ4v) is 3.22. The summed E-state index contributed by atoms with van der Waals surface area (Å²) >= 11 is 2.08. The zero-order valence-electron chi connectivity index (χ0n) is 9.70. The van der Waals surface area contributed by atoms with Gasteiger partial charge in [-0.2, -0.15) is 0 Å². The van der Waals surface area contributed by atoms with Crippen molar-refractivity contribution in [3.63, 3.8) is 0 Å². The third kappa shape index (κ3) is 3.27. The molecule has 0 aliphatic heterocycles. The van der Waals surface area contributed by atoms with E-state index in [1.54, 1.807) is 4.91 Å². The molecule has 0 nitrogen and oxygen atoms in total. The normalized spacial score (nSPS) is 31.1. The highest BCUT2D eigenvalue weighted by Crippen LogP contribution is 2.35. The topological polar surface area (TPSA) is 0 Å². The van der Waals surface area contributed by atoms with Gasteiger partial charge in [-0.15, -0.1) is 11.8 Å². The van der Waals surface area contributed by atoms with Gasteiger partial charge in [-0.25, -0.2) is 0 Å². The molecule has 0 aromatic heterocycles. The summed E-state index contributed by atoms with van der Waals surface area (Å²) in [4.78, 5) is 1.57. The molecular formula is C14H20S. The number of allylic oxidation sites excluding steroid dienone is 5. The van der Waals surface area contributed by atoms with Crippen LogP contribution in [0.4, 0.5) is 0 Å². The summed E-state index contributed by atoms with van der Waals surface area (Å²) in [6, 6.07) is 0. The van der Waals surface area contributed by atoms with E-state index in [0.717, 1.165) is 11.2 Å². The van der Waals surface area contributed by atoms with Crippen LogP contribution in [-0.2, 0) is 0 Å². The van der Waals surface area contributed by atoms with Gasteiger partial charge in [-0.1, -0.05) is 36.8 Å². The van der Waals surface area contributed by atoms with Crippen molar-refractivity contribution in [3.05, 3.63) is 34.8 Å². The van der Waals surface area contributed by atoms with Crippen molar-refractivity contribution in [2.24, 2.45) is 5.92 Å². The van der Waals surface area contributed by atoms with E-state index < -0.39 is 0 Å². The molecule has 0 bridgehead atoms. The molecule has 1 heteroatoms. The van der Waals surface area contributed by atoms with Gasteiger partial charge in [0, 0.05) is 5.25 Å². The molecule has 2 aliphatic carbocycles. The molecule has 0 radical (unpaired) electrons. The van der Waals surface area contributed by atoms with Crippen molar-refractivity contribution in [3.8, 4) is 0 Å². The summed E-state index contributed by atoms with van der Waals surface area (Å²) in [5.41, 5.74) is 1.52. The quantitative estimate of drug-likeness (QED) is 0.608. The first kappa shape index (κ1) is 11.1. The van der Waals surface area contributed by atoms with Crippen molar-refractivity contribution >= 4 is 11.8 Å². The Kier molecular flexibility index (Phi) is 3.74. The number of rotatable bonds is 2. The highest BCUT2D eigenvalue weighted by molar-refractivity contribution is 8.03. The lowest BCUT2D eigenvalue weighted by molar-refractivity contribution is 0.591. The minimum atomic E-state index is 0.735. The van der Waals surface area contributed by atoms with Crippen molar-refractivity contribution in [1.29, 1.82) is 0 Å². The molecule has 0 heterocycles. The van der Waals surface area contributed by atoms with Crippen LogP contribution in [0.3, 0.4) is 0 Å². The lowest BCUT2D eigenvalue weighted by Gasteiger charge is -2.22. The molecule has 0 N–H and O–H groups in total. The van der Waals surface area contributed by atoms with E-state index in [2.05, 4.69) is 49.9 Å². The predicted octanol–water partition coefficient (Wildman–Crippen LogP) is 4.70. The van der Waals surface area contributed by atoms with Crippen molar-refractivity contribution in [1.82, 2.24) is 0 Å². The first-order valence-electron chi connectivity index (χ1n) is 5.95. The number of thioether (sulfide) groups is 1. The van der Waals surface area contributed by atoms with E-state index in [1.165, 1.54) is 31.3 Å². The standard InChI is InChI=1S/C14H20S/c1-11-3-7-13(8-4-11)15-14-9-5-12(2)6-10-14/h3,5,7,9,11,13H,4,6,8,10H2,1-2H3. The second kappa shape index (κ2) is 5.07. The van der Waals surface area contributed by atoms with Gasteiger partial charge in [0.1, 0.15) is 0 Å². The molecule has 0 amide bonds. The summed E-state index contributed by atoms with van der Waals surface area (Å²) in [7, 11) is 0. The van der Waals surface area contributed by atoms with Crippen LogP contribution in [0.1, 0.15) is 39.5 Å². The first-order chi connectivity index (χ1) is 7.24. The van der Waals surface area contributed by atoms with Gasteiger partial charge in [0.2, 0.25) is 0 Å². The Labute approximate surface area is 97.5 Å². The first-order valence-corrected chi connectivity index (χ1v) is 6.83. The van der Waals surface area contributed by atoms with E-state index in [-0.39, 0.29) is 0 Å². The summed E-state index contributed by atoms with van der Waals surface area (Å²) in [6.45, 7) is 4.53. The predicted molar refractivity (Wildman–Crippen MR) is 70.0 cm³/mol. The van der Waals surface area contributed by atoms with Gasteiger partial charge in [-0.05, 0) is 43.4 Å². The average molecular weight is 220 g/mol. The van der Waals surface area contributed by atoms with Crippen molar-refractivity contribution < 1.29 is 0 Å². The maximum atomic E-state index is 2.41.